The molecule has 1 aromatic carbocycles. The normalized spacial score (nSPS) is 22.5. The van der Waals surface area contributed by atoms with Gasteiger partial charge in [0, 0.05) is 19.2 Å². The van der Waals surface area contributed by atoms with Gasteiger partial charge in [-0.25, -0.2) is 0 Å². The van der Waals surface area contributed by atoms with Gasteiger partial charge >= 0.3 is 0 Å². The Balaban J connectivity index is 0.00000208. The zero-order chi connectivity index (χ0) is 16.1. The highest BCUT2D eigenvalue weighted by molar-refractivity contribution is 5.97. The summed E-state index contributed by atoms with van der Waals surface area (Å²) in [6.45, 7) is 2.98. The van der Waals surface area contributed by atoms with Gasteiger partial charge in [0.15, 0.2) is 0 Å². The number of carbonyl (C=O) groups is 1. The Morgan fingerprint density at radius 3 is 2.58 bits per heavy atom. The number of hydrogen-bond acceptors (Lipinski definition) is 5. The van der Waals surface area contributed by atoms with Gasteiger partial charge in [0.2, 0.25) is 0 Å². The highest BCUT2D eigenvalue weighted by Crippen LogP contribution is 2.25. The highest BCUT2D eigenvalue weighted by Gasteiger charge is 2.39. The Hall–Kier alpha value is -1.34. The molecule has 1 amide bonds. The first-order valence-corrected chi connectivity index (χ1v) is 8.14. The second-order valence-corrected chi connectivity index (χ2v) is 6.03. The predicted molar refractivity (Wildman–Crippen MR) is 94.0 cm³/mol. The molecule has 0 aromatic heterocycles. The Kier molecular flexibility index (Phi) is 6.86. The number of ether oxygens (including phenoxy) is 3. The zero-order valence-corrected chi connectivity index (χ0v) is 14.7. The Morgan fingerprint density at radius 2 is 2.00 bits per heavy atom. The van der Waals surface area contributed by atoms with E-state index < -0.39 is 5.60 Å². The van der Waals surface area contributed by atoms with Gasteiger partial charge in [0.25, 0.3) is 5.91 Å². The zero-order valence-electron chi connectivity index (χ0n) is 13.9. The van der Waals surface area contributed by atoms with Crippen LogP contribution < -0.4 is 15.4 Å². The lowest BCUT2D eigenvalue weighted by Crippen LogP contribution is -2.51. The molecule has 3 rings (SSSR count). The van der Waals surface area contributed by atoms with Crippen molar-refractivity contribution in [3.63, 3.8) is 0 Å². The van der Waals surface area contributed by atoms with Gasteiger partial charge in [-0.05, 0) is 50.2 Å². The predicted octanol–water partition coefficient (Wildman–Crippen LogP) is 1.98. The van der Waals surface area contributed by atoms with Crippen molar-refractivity contribution >= 4 is 24.0 Å². The fourth-order valence-corrected chi connectivity index (χ4v) is 3.01. The van der Waals surface area contributed by atoms with E-state index >= 15 is 0 Å². The van der Waals surface area contributed by atoms with Crippen LogP contribution in [-0.2, 0) is 14.3 Å². The summed E-state index contributed by atoms with van der Waals surface area (Å²) >= 11 is 0. The second kappa shape index (κ2) is 8.67. The highest BCUT2D eigenvalue weighted by atomic mass is 35.5. The van der Waals surface area contributed by atoms with Crippen molar-refractivity contribution in [1.82, 2.24) is 5.32 Å². The van der Waals surface area contributed by atoms with E-state index in [2.05, 4.69) is 10.6 Å². The molecule has 0 spiro atoms. The number of methoxy groups -OCH3 is 1. The molecular formula is C17H25ClN2O4. The molecule has 7 heteroatoms. The maximum atomic E-state index is 12.6. The quantitative estimate of drug-likeness (QED) is 0.844. The molecule has 24 heavy (non-hydrogen) atoms. The maximum absolute atomic E-state index is 12.6. The molecule has 2 fully saturated rings. The van der Waals surface area contributed by atoms with Crippen LogP contribution in [0.25, 0.3) is 0 Å². The first kappa shape index (κ1) is 19.0. The Bertz CT molecular complexity index is 526. The molecule has 6 nitrogen and oxygen atoms in total. The minimum atomic E-state index is -0.735. The number of hydrogen-bond donors (Lipinski definition) is 2. The largest absolute Gasteiger partial charge is 0.488 e. The number of amides is 1. The van der Waals surface area contributed by atoms with Gasteiger partial charge < -0.3 is 24.8 Å². The molecule has 1 atom stereocenters. The van der Waals surface area contributed by atoms with Crippen molar-refractivity contribution in [1.29, 1.82) is 0 Å². The van der Waals surface area contributed by atoms with E-state index in [-0.39, 0.29) is 24.4 Å². The van der Waals surface area contributed by atoms with Gasteiger partial charge in [-0.3, -0.25) is 4.79 Å². The van der Waals surface area contributed by atoms with E-state index in [0.717, 1.165) is 37.6 Å². The van der Waals surface area contributed by atoms with Gasteiger partial charge in [0.1, 0.15) is 17.5 Å². The fraction of sp³-hybridized carbons (Fsp3) is 0.588. The summed E-state index contributed by atoms with van der Waals surface area (Å²) in [6.07, 6.45) is 2.40. The maximum Gasteiger partial charge on any atom is 0.256 e. The minimum Gasteiger partial charge on any atom is -0.488 e. The van der Waals surface area contributed by atoms with Crippen molar-refractivity contribution in [2.24, 2.45) is 0 Å². The average molecular weight is 357 g/mol. The first-order valence-electron chi connectivity index (χ1n) is 8.14. The van der Waals surface area contributed by atoms with Crippen LogP contribution in [0.2, 0.25) is 0 Å². The number of rotatable bonds is 5. The number of anilines is 1. The van der Waals surface area contributed by atoms with E-state index in [4.69, 9.17) is 14.2 Å². The number of piperidine rings is 1. The summed E-state index contributed by atoms with van der Waals surface area (Å²) < 4.78 is 16.7. The van der Waals surface area contributed by atoms with Gasteiger partial charge in [-0.1, -0.05) is 0 Å². The standard InChI is InChI=1S/C17H24N2O4.ClH/c1-21-17(7-9-18-10-8-17)16(20)19-13-2-4-14(5-3-13)23-15-6-11-22-12-15;/h2-5,15,18H,6-12H2,1H3,(H,19,20);1H. The first-order chi connectivity index (χ1) is 11.2. The summed E-state index contributed by atoms with van der Waals surface area (Å²) in [7, 11) is 1.60. The molecule has 0 saturated carbocycles. The topological polar surface area (TPSA) is 68.8 Å². The molecule has 2 saturated heterocycles. The molecule has 2 heterocycles. The van der Waals surface area contributed by atoms with Crippen LogP contribution in [0.5, 0.6) is 5.75 Å². The molecule has 1 aromatic rings. The van der Waals surface area contributed by atoms with Gasteiger partial charge in [0.05, 0.1) is 13.2 Å². The van der Waals surface area contributed by atoms with E-state index in [1.54, 1.807) is 7.11 Å². The number of nitrogens with one attached hydrogen (secondary N) is 2. The van der Waals surface area contributed by atoms with Crippen LogP contribution in [0.15, 0.2) is 24.3 Å². The molecule has 0 aliphatic carbocycles. The lowest BCUT2D eigenvalue weighted by atomic mass is 9.91. The molecule has 2 N–H and O–H groups in total. The fourth-order valence-electron chi connectivity index (χ4n) is 3.01. The SMILES string of the molecule is COC1(C(=O)Nc2ccc(OC3CCOC3)cc2)CCNCC1.Cl. The number of benzene rings is 1. The van der Waals surface area contributed by atoms with Crippen molar-refractivity contribution in [3.05, 3.63) is 24.3 Å². The smallest absolute Gasteiger partial charge is 0.256 e. The van der Waals surface area contributed by atoms with Crippen LogP contribution in [0.1, 0.15) is 19.3 Å². The van der Waals surface area contributed by atoms with Crippen LogP contribution in [0.3, 0.4) is 0 Å². The Morgan fingerprint density at radius 1 is 1.29 bits per heavy atom. The second-order valence-electron chi connectivity index (χ2n) is 6.03. The summed E-state index contributed by atoms with van der Waals surface area (Å²) in [5, 5.41) is 6.20. The molecule has 0 radical (unpaired) electrons. The lowest BCUT2D eigenvalue weighted by Gasteiger charge is -2.34. The molecule has 2 aliphatic heterocycles. The monoisotopic (exact) mass is 356 g/mol. The van der Waals surface area contributed by atoms with Crippen LogP contribution >= 0.6 is 12.4 Å². The van der Waals surface area contributed by atoms with Crippen molar-refractivity contribution in [3.8, 4) is 5.75 Å². The van der Waals surface area contributed by atoms with E-state index in [1.807, 2.05) is 24.3 Å². The molecule has 2 aliphatic rings. The van der Waals surface area contributed by atoms with Crippen LogP contribution in [-0.4, -0.2) is 51.0 Å². The van der Waals surface area contributed by atoms with Crippen molar-refractivity contribution in [2.75, 3.05) is 38.7 Å². The van der Waals surface area contributed by atoms with Crippen LogP contribution in [0.4, 0.5) is 5.69 Å². The van der Waals surface area contributed by atoms with Crippen molar-refractivity contribution in [2.45, 2.75) is 31.0 Å². The molecular weight excluding hydrogens is 332 g/mol. The molecule has 134 valence electrons. The van der Waals surface area contributed by atoms with E-state index in [0.29, 0.717) is 19.4 Å². The van der Waals surface area contributed by atoms with Crippen molar-refractivity contribution < 1.29 is 19.0 Å². The van der Waals surface area contributed by atoms with Gasteiger partial charge in [-0.2, -0.15) is 0 Å². The third kappa shape index (κ3) is 4.39. The lowest BCUT2D eigenvalue weighted by molar-refractivity contribution is -0.140. The summed E-state index contributed by atoms with van der Waals surface area (Å²) in [6, 6.07) is 7.45. The molecule has 1 unspecified atom stereocenters. The summed E-state index contributed by atoms with van der Waals surface area (Å²) in [5.41, 5.74) is 0.0155. The summed E-state index contributed by atoms with van der Waals surface area (Å²) in [4.78, 5) is 12.6. The van der Waals surface area contributed by atoms with Gasteiger partial charge in [-0.15, -0.1) is 12.4 Å². The molecule has 0 bridgehead atoms. The van der Waals surface area contributed by atoms with E-state index in [9.17, 15) is 4.79 Å². The average Bonchev–Trinajstić information content (AvgIpc) is 3.10. The van der Waals surface area contributed by atoms with Crippen LogP contribution in [0, 0.1) is 0 Å². The minimum absolute atomic E-state index is 0. The Labute approximate surface area is 148 Å². The third-order valence-electron chi connectivity index (χ3n) is 4.52. The number of carbonyl (C=O) groups excluding carboxylic acids is 1. The number of halogens is 1. The third-order valence-corrected chi connectivity index (χ3v) is 4.52. The van der Waals surface area contributed by atoms with E-state index in [1.165, 1.54) is 0 Å². The summed E-state index contributed by atoms with van der Waals surface area (Å²) in [5.74, 6) is 0.709.